The summed E-state index contributed by atoms with van der Waals surface area (Å²) < 4.78 is 51.7. The Morgan fingerprint density at radius 1 is 1.45 bits per heavy atom. The second-order valence-electron chi connectivity index (χ2n) is 4.74. The fraction of sp³-hybridized carbons (Fsp3) is 0.917. The maximum atomic E-state index is 12.0. The molecule has 1 heterocycles. The molecule has 1 aliphatic heterocycles. The number of carbonyl (C=O) groups excluding carboxylic acids is 1. The first-order valence-corrected chi connectivity index (χ1v) is 6.52. The van der Waals surface area contributed by atoms with E-state index in [9.17, 15) is 18.0 Å². The number of ether oxygens (including phenoxy) is 3. The van der Waals surface area contributed by atoms with Crippen LogP contribution in [0.4, 0.5) is 13.2 Å². The summed E-state index contributed by atoms with van der Waals surface area (Å²) in [5, 5.41) is 0. The molecular formula is C12H20F3NO4. The molecule has 0 bridgehead atoms. The van der Waals surface area contributed by atoms with E-state index in [-0.39, 0.29) is 26.2 Å². The average molecular weight is 299 g/mol. The van der Waals surface area contributed by atoms with Gasteiger partial charge in [0.15, 0.2) is 0 Å². The zero-order valence-electron chi connectivity index (χ0n) is 11.3. The van der Waals surface area contributed by atoms with Gasteiger partial charge in [-0.2, -0.15) is 13.2 Å². The Hall–Kier alpha value is -0.860. The summed E-state index contributed by atoms with van der Waals surface area (Å²) >= 11 is 0. The number of nitrogens with two attached hydrogens (primary N) is 1. The fourth-order valence-electron chi connectivity index (χ4n) is 1.70. The molecule has 118 valence electrons. The lowest BCUT2D eigenvalue weighted by atomic mass is 10.2. The van der Waals surface area contributed by atoms with Crippen molar-refractivity contribution in [2.45, 2.75) is 50.6 Å². The number of rotatable bonds is 4. The molecule has 0 aliphatic carbocycles. The Kier molecular flexibility index (Phi) is 6.70. The van der Waals surface area contributed by atoms with Gasteiger partial charge in [0.2, 0.25) is 0 Å². The minimum absolute atomic E-state index is 0.0680. The Morgan fingerprint density at radius 3 is 2.80 bits per heavy atom. The van der Waals surface area contributed by atoms with Gasteiger partial charge in [0.1, 0.15) is 18.2 Å². The molecule has 0 aromatic rings. The minimum Gasteiger partial charge on any atom is -0.459 e. The SMILES string of the molecule is C[C@@H]1OC(=O)[C@@H](N)CCOC[C@H]1OCCCC(F)(F)F. The summed E-state index contributed by atoms with van der Waals surface area (Å²) in [6, 6.07) is -0.749. The summed E-state index contributed by atoms with van der Waals surface area (Å²) in [6.07, 6.45) is -6.09. The van der Waals surface area contributed by atoms with Crippen molar-refractivity contribution in [3.63, 3.8) is 0 Å². The number of carbonyl (C=O) groups is 1. The third-order valence-corrected chi connectivity index (χ3v) is 2.92. The molecule has 1 aliphatic rings. The number of hydrogen-bond acceptors (Lipinski definition) is 5. The molecule has 0 radical (unpaired) electrons. The number of esters is 1. The summed E-state index contributed by atoms with van der Waals surface area (Å²) in [5.74, 6) is -0.549. The van der Waals surface area contributed by atoms with E-state index >= 15 is 0 Å². The zero-order valence-corrected chi connectivity index (χ0v) is 11.3. The molecule has 0 saturated carbocycles. The van der Waals surface area contributed by atoms with Gasteiger partial charge in [-0.25, -0.2) is 0 Å². The molecule has 8 heteroatoms. The number of hydrogen-bond donors (Lipinski definition) is 1. The van der Waals surface area contributed by atoms with Crippen LogP contribution in [-0.2, 0) is 19.0 Å². The molecule has 20 heavy (non-hydrogen) atoms. The first-order chi connectivity index (χ1) is 9.29. The van der Waals surface area contributed by atoms with Gasteiger partial charge >= 0.3 is 12.1 Å². The minimum atomic E-state index is -4.19. The highest BCUT2D eigenvalue weighted by Gasteiger charge is 2.29. The molecule has 0 aromatic carbocycles. The molecule has 1 saturated heterocycles. The van der Waals surface area contributed by atoms with Crippen LogP contribution < -0.4 is 5.73 Å². The average Bonchev–Trinajstić information content (AvgIpc) is 2.39. The Labute approximate surface area is 115 Å². The molecule has 0 aromatic heterocycles. The lowest BCUT2D eigenvalue weighted by Gasteiger charge is -2.23. The predicted octanol–water partition coefficient (Wildman–Crippen LogP) is 1.39. The summed E-state index contributed by atoms with van der Waals surface area (Å²) in [6.45, 7) is 1.98. The van der Waals surface area contributed by atoms with E-state index < -0.39 is 36.8 Å². The van der Waals surface area contributed by atoms with Crippen molar-refractivity contribution in [2.24, 2.45) is 5.73 Å². The van der Waals surface area contributed by atoms with Crippen molar-refractivity contribution in [2.75, 3.05) is 19.8 Å². The van der Waals surface area contributed by atoms with Gasteiger partial charge in [0.25, 0.3) is 0 Å². The second kappa shape index (κ2) is 7.80. The quantitative estimate of drug-likeness (QED) is 0.627. The van der Waals surface area contributed by atoms with Crippen LogP contribution in [0.2, 0.25) is 0 Å². The largest absolute Gasteiger partial charge is 0.459 e. The lowest BCUT2D eigenvalue weighted by molar-refractivity contribution is -0.160. The molecule has 0 unspecified atom stereocenters. The Morgan fingerprint density at radius 2 is 2.15 bits per heavy atom. The lowest BCUT2D eigenvalue weighted by Crippen LogP contribution is -2.38. The molecule has 2 N–H and O–H groups in total. The van der Waals surface area contributed by atoms with E-state index in [1.165, 1.54) is 0 Å². The third kappa shape index (κ3) is 6.53. The third-order valence-electron chi connectivity index (χ3n) is 2.92. The van der Waals surface area contributed by atoms with E-state index in [4.69, 9.17) is 19.9 Å². The highest BCUT2D eigenvalue weighted by atomic mass is 19.4. The molecule has 1 fully saturated rings. The Balaban J connectivity index is 2.40. The highest BCUT2D eigenvalue weighted by Crippen LogP contribution is 2.21. The van der Waals surface area contributed by atoms with Gasteiger partial charge in [-0.1, -0.05) is 0 Å². The summed E-state index contributed by atoms with van der Waals surface area (Å²) in [5.41, 5.74) is 5.57. The smallest absolute Gasteiger partial charge is 0.389 e. The van der Waals surface area contributed by atoms with Crippen LogP contribution in [0.15, 0.2) is 0 Å². The first-order valence-electron chi connectivity index (χ1n) is 6.52. The van der Waals surface area contributed by atoms with Crippen molar-refractivity contribution in [1.82, 2.24) is 0 Å². The van der Waals surface area contributed by atoms with Gasteiger partial charge in [-0.3, -0.25) is 4.79 Å². The van der Waals surface area contributed by atoms with Gasteiger partial charge in [-0.05, 0) is 19.8 Å². The van der Waals surface area contributed by atoms with E-state index in [0.717, 1.165) is 0 Å². The summed E-state index contributed by atoms with van der Waals surface area (Å²) in [7, 11) is 0. The van der Waals surface area contributed by atoms with Crippen LogP contribution in [0.25, 0.3) is 0 Å². The van der Waals surface area contributed by atoms with Crippen molar-refractivity contribution in [1.29, 1.82) is 0 Å². The van der Waals surface area contributed by atoms with Crippen LogP contribution in [-0.4, -0.2) is 50.2 Å². The molecular weight excluding hydrogens is 279 g/mol. The maximum Gasteiger partial charge on any atom is 0.389 e. The van der Waals surface area contributed by atoms with E-state index in [1.807, 2.05) is 0 Å². The fourth-order valence-corrected chi connectivity index (χ4v) is 1.70. The van der Waals surface area contributed by atoms with Crippen LogP contribution in [0.1, 0.15) is 26.2 Å². The van der Waals surface area contributed by atoms with Crippen molar-refractivity contribution in [3.05, 3.63) is 0 Å². The predicted molar refractivity (Wildman–Crippen MR) is 64.0 cm³/mol. The van der Waals surface area contributed by atoms with Crippen LogP contribution >= 0.6 is 0 Å². The number of alkyl halides is 3. The molecule has 5 nitrogen and oxygen atoms in total. The van der Waals surface area contributed by atoms with E-state index in [1.54, 1.807) is 6.92 Å². The van der Waals surface area contributed by atoms with Crippen LogP contribution in [0.5, 0.6) is 0 Å². The van der Waals surface area contributed by atoms with Crippen molar-refractivity contribution < 1.29 is 32.2 Å². The van der Waals surface area contributed by atoms with E-state index in [0.29, 0.717) is 6.42 Å². The van der Waals surface area contributed by atoms with Gasteiger partial charge < -0.3 is 19.9 Å². The highest BCUT2D eigenvalue weighted by molar-refractivity contribution is 5.75. The standard InChI is InChI=1S/C12H20F3NO4/c1-8-10(19-5-2-4-12(13,14)15)7-18-6-3-9(16)11(17)20-8/h8-10H,2-7,16H2,1H3/t8-,9-,10+/m0/s1. The van der Waals surface area contributed by atoms with E-state index in [2.05, 4.69) is 0 Å². The zero-order chi connectivity index (χ0) is 15.2. The number of halogens is 3. The second-order valence-corrected chi connectivity index (χ2v) is 4.74. The topological polar surface area (TPSA) is 70.8 Å². The number of cyclic esters (lactones) is 1. The first kappa shape index (κ1) is 17.2. The molecule has 0 amide bonds. The molecule has 3 atom stereocenters. The maximum absolute atomic E-state index is 12.0. The molecule has 1 rings (SSSR count). The summed E-state index contributed by atoms with van der Waals surface area (Å²) in [4.78, 5) is 11.5. The molecule has 0 spiro atoms. The van der Waals surface area contributed by atoms with Gasteiger partial charge in [0, 0.05) is 19.6 Å². The van der Waals surface area contributed by atoms with Crippen LogP contribution in [0.3, 0.4) is 0 Å². The van der Waals surface area contributed by atoms with Crippen molar-refractivity contribution >= 4 is 5.97 Å². The van der Waals surface area contributed by atoms with Crippen molar-refractivity contribution in [3.8, 4) is 0 Å². The Bertz CT molecular complexity index is 312. The monoisotopic (exact) mass is 299 g/mol. The normalized spacial score (nSPS) is 29.2. The van der Waals surface area contributed by atoms with Gasteiger partial charge in [0.05, 0.1) is 6.61 Å². The van der Waals surface area contributed by atoms with Gasteiger partial charge in [-0.15, -0.1) is 0 Å². The van der Waals surface area contributed by atoms with Crippen LogP contribution in [0, 0.1) is 0 Å².